The summed E-state index contributed by atoms with van der Waals surface area (Å²) in [7, 11) is 0. The van der Waals surface area contributed by atoms with Crippen LogP contribution in [-0.4, -0.2) is 15.0 Å². The van der Waals surface area contributed by atoms with Crippen LogP contribution in [0.5, 0.6) is 0 Å². The lowest BCUT2D eigenvalue weighted by atomic mass is 10.2. The molecule has 4 nitrogen and oxygen atoms in total. The maximum absolute atomic E-state index is 12.7. The number of nitrogens with one attached hydrogen (secondary N) is 1. The Kier molecular flexibility index (Phi) is 3.13. The fourth-order valence-electron chi connectivity index (χ4n) is 1.99. The highest BCUT2D eigenvalue weighted by atomic mass is 19.4. The number of hydrogen-bond acceptors (Lipinski definition) is 3. The zero-order valence-corrected chi connectivity index (χ0v) is 10.8. The van der Waals surface area contributed by atoms with E-state index < -0.39 is 11.7 Å². The van der Waals surface area contributed by atoms with Crippen LogP contribution >= 0.6 is 0 Å². The monoisotopic (exact) mass is 292 g/mol. The Morgan fingerprint density at radius 3 is 2.57 bits per heavy atom. The molecular formula is C14H11F3N4. The van der Waals surface area contributed by atoms with E-state index in [1.165, 1.54) is 6.07 Å². The zero-order valence-electron chi connectivity index (χ0n) is 10.8. The Morgan fingerprint density at radius 2 is 1.95 bits per heavy atom. The fraction of sp³-hybridized carbons (Fsp3) is 0.143. The number of nitrogens with two attached hydrogens (primary N) is 1. The molecule has 2 aromatic heterocycles. The van der Waals surface area contributed by atoms with Gasteiger partial charge in [0.2, 0.25) is 0 Å². The smallest absolute Gasteiger partial charge is 0.337 e. The van der Waals surface area contributed by atoms with Crippen molar-refractivity contribution < 1.29 is 13.2 Å². The molecule has 0 bridgehead atoms. The van der Waals surface area contributed by atoms with Gasteiger partial charge < -0.3 is 10.7 Å². The van der Waals surface area contributed by atoms with Gasteiger partial charge in [-0.25, -0.2) is 4.98 Å². The second-order valence-electron chi connectivity index (χ2n) is 4.57. The number of aromatic amines is 1. The lowest BCUT2D eigenvalue weighted by Crippen LogP contribution is -2.04. The summed E-state index contributed by atoms with van der Waals surface area (Å²) in [6, 6.07) is 6.92. The number of hydrogen-bond donors (Lipinski definition) is 2. The van der Waals surface area contributed by atoms with Crippen molar-refractivity contribution in [3.8, 4) is 11.5 Å². The number of imidazole rings is 1. The first kappa shape index (κ1) is 13.6. The molecule has 1 aromatic carbocycles. The van der Waals surface area contributed by atoms with Gasteiger partial charge in [-0.1, -0.05) is 6.07 Å². The first-order valence-corrected chi connectivity index (χ1v) is 6.20. The van der Waals surface area contributed by atoms with Crippen LogP contribution in [-0.2, 0) is 12.7 Å². The lowest BCUT2D eigenvalue weighted by Gasteiger charge is -2.05. The number of rotatable bonds is 2. The van der Waals surface area contributed by atoms with Gasteiger partial charge in [0.1, 0.15) is 5.69 Å². The minimum Gasteiger partial charge on any atom is -0.337 e. The first-order chi connectivity index (χ1) is 9.97. The van der Waals surface area contributed by atoms with Crippen LogP contribution in [0.15, 0.2) is 36.5 Å². The molecule has 108 valence electrons. The van der Waals surface area contributed by atoms with Crippen LogP contribution in [0, 0.1) is 0 Å². The summed E-state index contributed by atoms with van der Waals surface area (Å²) >= 11 is 0. The van der Waals surface area contributed by atoms with Crippen molar-refractivity contribution in [3.63, 3.8) is 0 Å². The van der Waals surface area contributed by atoms with E-state index in [2.05, 4.69) is 15.0 Å². The summed E-state index contributed by atoms with van der Waals surface area (Å²) < 4.78 is 38.0. The SMILES string of the molecule is NCc1ccc(-c2nc3ccc(C(F)(F)F)cc3[nH]2)nc1. The first-order valence-electron chi connectivity index (χ1n) is 6.20. The molecule has 3 N–H and O–H groups in total. The Morgan fingerprint density at radius 1 is 1.14 bits per heavy atom. The van der Waals surface area contributed by atoms with E-state index in [1.807, 2.05) is 0 Å². The Labute approximate surface area is 117 Å². The number of pyridine rings is 1. The number of aromatic nitrogens is 3. The van der Waals surface area contributed by atoms with Crippen molar-refractivity contribution in [1.29, 1.82) is 0 Å². The van der Waals surface area contributed by atoms with E-state index in [-0.39, 0.29) is 0 Å². The van der Waals surface area contributed by atoms with Crippen LogP contribution in [0.1, 0.15) is 11.1 Å². The van der Waals surface area contributed by atoms with Crippen molar-refractivity contribution in [2.45, 2.75) is 12.7 Å². The van der Waals surface area contributed by atoms with E-state index in [9.17, 15) is 13.2 Å². The maximum Gasteiger partial charge on any atom is 0.416 e. The van der Waals surface area contributed by atoms with Crippen molar-refractivity contribution in [1.82, 2.24) is 15.0 Å². The molecule has 0 radical (unpaired) electrons. The zero-order chi connectivity index (χ0) is 15.0. The largest absolute Gasteiger partial charge is 0.416 e. The lowest BCUT2D eigenvalue weighted by molar-refractivity contribution is -0.137. The standard InChI is InChI=1S/C14H11F3N4/c15-14(16,17)9-2-4-10-12(5-9)21-13(20-10)11-3-1-8(6-18)7-19-11/h1-5,7H,6,18H2,(H,20,21). The number of nitrogens with zero attached hydrogens (tertiary/aromatic N) is 2. The summed E-state index contributed by atoms with van der Waals surface area (Å²) in [5.41, 5.74) is 6.98. The number of fused-ring (bicyclic) bond motifs is 1. The third kappa shape index (κ3) is 2.59. The summed E-state index contributed by atoms with van der Waals surface area (Å²) in [5, 5.41) is 0. The number of alkyl halides is 3. The molecule has 0 saturated heterocycles. The average molecular weight is 292 g/mol. The second-order valence-corrected chi connectivity index (χ2v) is 4.57. The molecule has 0 fully saturated rings. The van der Waals surface area contributed by atoms with Gasteiger partial charge in [-0.05, 0) is 29.8 Å². The predicted octanol–water partition coefficient (Wildman–Crippen LogP) is 3.10. The van der Waals surface area contributed by atoms with Gasteiger partial charge in [0.25, 0.3) is 0 Å². The van der Waals surface area contributed by atoms with Crippen molar-refractivity contribution in [2.24, 2.45) is 5.73 Å². The molecule has 7 heteroatoms. The third-order valence-electron chi connectivity index (χ3n) is 3.11. The molecule has 0 aliphatic carbocycles. The van der Waals surface area contributed by atoms with Crippen molar-refractivity contribution in [2.75, 3.05) is 0 Å². The molecule has 0 amide bonds. The van der Waals surface area contributed by atoms with Gasteiger partial charge in [-0.15, -0.1) is 0 Å². The van der Waals surface area contributed by atoms with Crippen LogP contribution in [0.2, 0.25) is 0 Å². The van der Waals surface area contributed by atoms with Crippen LogP contribution in [0.3, 0.4) is 0 Å². The third-order valence-corrected chi connectivity index (χ3v) is 3.11. The molecule has 3 rings (SSSR count). The van der Waals surface area contributed by atoms with Crippen molar-refractivity contribution in [3.05, 3.63) is 47.7 Å². The van der Waals surface area contributed by atoms with Gasteiger partial charge in [-0.3, -0.25) is 4.98 Å². The number of benzene rings is 1. The second kappa shape index (κ2) is 4.85. The molecule has 0 aliphatic rings. The summed E-state index contributed by atoms with van der Waals surface area (Å²) in [4.78, 5) is 11.3. The fourth-order valence-corrected chi connectivity index (χ4v) is 1.99. The predicted molar refractivity (Wildman–Crippen MR) is 72.2 cm³/mol. The Balaban J connectivity index is 2.04. The maximum atomic E-state index is 12.7. The summed E-state index contributed by atoms with van der Waals surface area (Å²) in [6.07, 6.45) is -2.76. The topological polar surface area (TPSA) is 67.6 Å². The molecule has 0 unspecified atom stereocenters. The molecule has 21 heavy (non-hydrogen) atoms. The Bertz CT molecular complexity index is 775. The summed E-state index contributed by atoms with van der Waals surface area (Å²) in [6.45, 7) is 0.377. The van der Waals surface area contributed by atoms with E-state index in [0.29, 0.717) is 29.1 Å². The van der Waals surface area contributed by atoms with E-state index in [4.69, 9.17) is 5.73 Å². The van der Waals surface area contributed by atoms with Gasteiger partial charge in [0.05, 0.1) is 16.6 Å². The molecule has 0 atom stereocenters. The van der Waals surface area contributed by atoms with E-state index in [0.717, 1.165) is 17.7 Å². The number of H-pyrrole nitrogens is 1. The van der Waals surface area contributed by atoms with Crippen LogP contribution in [0.25, 0.3) is 22.6 Å². The van der Waals surface area contributed by atoms with Gasteiger partial charge in [-0.2, -0.15) is 13.2 Å². The van der Waals surface area contributed by atoms with Gasteiger partial charge in [0, 0.05) is 12.7 Å². The normalized spacial score (nSPS) is 12.0. The molecule has 3 aromatic rings. The van der Waals surface area contributed by atoms with Crippen LogP contribution in [0.4, 0.5) is 13.2 Å². The molecule has 0 aliphatic heterocycles. The molecular weight excluding hydrogens is 281 g/mol. The minimum atomic E-state index is -4.37. The minimum absolute atomic E-state index is 0.324. The highest BCUT2D eigenvalue weighted by molar-refractivity contribution is 5.79. The highest BCUT2D eigenvalue weighted by Gasteiger charge is 2.30. The Hall–Kier alpha value is -2.41. The molecule has 2 heterocycles. The quantitative estimate of drug-likeness (QED) is 0.762. The average Bonchev–Trinajstić information content (AvgIpc) is 2.89. The van der Waals surface area contributed by atoms with Gasteiger partial charge >= 0.3 is 6.18 Å². The molecule has 0 spiro atoms. The van der Waals surface area contributed by atoms with Crippen LogP contribution < -0.4 is 5.73 Å². The van der Waals surface area contributed by atoms with E-state index >= 15 is 0 Å². The number of halogens is 3. The van der Waals surface area contributed by atoms with Crippen molar-refractivity contribution >= 4 is 11.0 Å². The van der Waals surface area contributed by atoms with Gasteiger partial charge in [0.15, 0.2) is 5.82 Å². The van der Waals surface area contributed by atoms with E-state index in [1.54, 1.807) is 18.3 Å². The highest BCUT2D eigenvalue weighted by Crippen LogP contribution is 2.31. The summed E-state index contributed by atoms with van der Waals surface area (Å²) in [5.74, 6) is 0.424. The molecule has 0 saturated carbocycles.